The summed E-state index contributed by atoms with van der Waals surface area (Å²) in [5.74, 6) is 0.899. The lowest BCUT2D eigenvalue weighted by Crippen LogP contribution is -2.25. The van der Waals surface area contributed by atoms with Crippen molar-refractivity contribution in [2.75, 3.05) is 5.75 Å². The summed E-state index contributed by atoms with van der Waals surface area (Å²) >= 11 is 5.23. The Morgan fingerprint density at radius 2 is 1.95 bits per heavy atom. The average Bonchev–Trinajstić information content (AvgIpc) is 2.87. The minimum absolute atomic E-state index is 0.124. The maximum Gasteiger partial charge on any atom is 0.0640 e. The van der Waals surface area contributed by atoms with Crippen LogP contribution in [-0.4, -0.2) is 21.6 Å². The highest BCUT2D eigenvalue weighted by molar-refractivity contribution is 9.10. The fraction of sp³-hybridized carbons (Fsp3) is 0.400. The average molecular weight is 354 g/mol. The van der Waals surface area contributed by atoms with Crippen LogP contribution in [0.25, 0.3) is 0 Å². The van der Waals surface area contributed by atoms with Gasteiger partial charge in [0.25, 0.3) is 0 Å². The Hall–Kier alpha value is -0.780. The number of hydrogen-bond donors (Lipinski definition) is 1. The van der Waals surface area contributed by atoms with Crippen molar-refractivity contribution < 1.29 is 0 Å². The van der Waals surface area contributed by atoms with Gasteiger partial charge in [-0.3, -0.25) is 4.68 Å². The summed E-state index contributed by atoms with van der Waals surface area (Å²) < 4.78 is 3.08. The lowest BCUT2D eigenvalue weighted by molar-refractivity contribution is 0.523. The quantitative estimate of drug-likeness (QED) is 0.801. The molecule has 2 rings (SSSR count). The van der Waals surface area contributed by atoms with Gasteiger partial charge in [-0.2, -0.15) is 5.10 Å². The molecule has 1 unspecified atom stereocenters. The van der Waals surface area contributed by atoms with Crippen LogP contribution in [0.3, 0.4) is 0 Å². The topological polar surface area (TPSA) is 43.8 Å². The third-order valence-electron chi connectivity index (χ3n) is 2.94. The SMILES string of the molecule is CC(C)n1ccc(CC(N)CSc2ccc(Br)cc2)n1. The second-order valence-corrected chi connectivity index (χ2v) is 7.12. The van der Waals surface area contributed by atoms with E-state index in [1.807, 2.05) is 10.9 Å². The van der Waals surface area contributed by atoms with Crippen LogP contribution in [0.2, 0.25) is 0 Å². The van der Waals surface area contributed by atoms with E-state index in [0.717, 1.165) is 22.3 Å². The predicted octanol–water partition coefficient (Wildman–Crippen LogP) is 3.89. The Morgan fingerprint density at radius 3 is 2.55 bits per heavy atom. The molecule has 0 saturated heterocycles. The van der Waals surface area contributed by atoms with Crippen molar-refractivity contribution >= 4 is 27.7 Å². The molecule has 1 aromatic heterocycles. The number of thioether (sulfide) groups is 1. The van der Waals surface area contributed by atoms with Gasteiger partial charge in [0.2, 0.25) is 0 Å². The van der Waals surface area contributed by atoms with Crippen molar-refractivity contribution in [2.45, 2.75) is 37.2 Å². The van der Waals surface area contributed by atoms with Crippen molar-refractivity contribution in [2.24, 2.45) is 5.73 Å². The van der Waals surface area contributed by atoms with Gasteiger partial charge in [-0.25, -0.2) is 0 Å². The van der Waals surface area contributed by atoms with Gasteiger partial charge < -0.3 is 5.73 Å². The van der Waals surface area contributed by atoms with Gasteiger partial charge >= 0.3 is 0 Å². The van der Waals surface area contributed by atoms with Crippen molar-refractivity contribution in [3.63, 3.8) is 0 Å². The number of benzene rings is 1. The van der Waals surface area contributed by atoms with Gasteiger partial charge in [-0.15, -0.1) is 11.8 Å². The highest BCUT2D eigenvalue weighted by Crippen LogP contribution is 2.21. The van der Waals surface area contributed by atoms with E-state index in [4.69, 9.17) is 5.73 Å². The second kappa shape index (κ2) is 7.29. The Labute approximate surface area is 133 Å². The Morgan fingerprint density at radius 1 is 1.25 bits per heavy atom. The summed E-state index contributed by atoms with van der Waals surface area (Å²) in [7, 11) is 0. The molecule has 3 nitrogen and oxygen atoms in total. The van der Waals surface area contributed by atoms with Gasteiger partial charge in [-0.1, -0.05) is 15.9 Å². The van der Waals surface area contributed by atoms with Crippen LogP contribution in [0.4, 0.5) is 0 Å². The van der Waals surface area contributed by atoms with Crippen molar-refractivity contribution in [1.29, 1.82) is 0 Å². The molecule has 108 valence electrons. The molecular weight excluding hydrogens is 334 g/mol. The molecule has 1 heterocycles. The van der Waals surface area contributed by atoms with Crippen LogP contribution >= 0.6 is 27.7 Å². The highest BCUT2D eigenvalue weighted by Gasteiger charge is 2.08. The summed E-state index contributed by atoms with van der Waals surface area (Å²) in [5.41, 5.74) is 7.26. The van der Waals surface area contributed by atoms with Gasteiger partial charge in [0.1, 0.15) is 0 Å². The largest absolute Gasteiger partial charge is 0.327 e. The van der Waals surface area contributed by atoms with E-state index in [1.54, 1.807) is 11.8 Å². The van der Waals surface area contributed by atoms with E-state index in [2.05, 4.69) is 65.2 Å². The third kappa shape index (κ3) is 4.65. The maximum atomic E-state index is 6.19. The second-order valence-electron chi connectivity index (χ2n) is 5.11. The Kier molecular flexibility index (Phi) is 5.69. The van der Waals surface area contributed by atoms with E-state index < -0.39 is 0 Å². The summed E-state index contributed by atoms with van der Waals surface area (Å²) in [6, 6.07) is 10.9. The van der Waals surface area contributed by atoms with Gasteiger partial charge in [-0.05, 0) is 44.2 Å². The first kappa shape index (κ1) is 15.6. The molecule has 0 amide bonds. The standard InChI is InChI=1S/C15H20BrN3S/c1-11(2)19-8-7-14(18-19)9-13(17)10-20-15-5-3-12(16)4-6-15/h3-8,11,13H,9-10,17H2,1-2H3. The zero-order valence-corrected chi connectivity index (χ0v) is 14.2. The van der Waals surface area contributed by atoms with E-state index >= 15 is 0 Å². The number of halogens is 1. The van der Waals surface area contributed by atoms with E-state index in [9.17, 15) is 0 Å². The first-order valence-electron chi connectivity index (χ1n) is 6.72. The molecule has 1 aromatic carbocycles. The maximum absolute atomic E-state index is 6.19. The van der Waals surface area contributed by atoms with Gasteiger partial charge in [0.15, 0.2) is 0 Å². The minimum Gasteiger partial charge on any atom is -0.327 e. The van der Waals surface area contributed by atoms with E-state index in [1.165, 1.54) is 4.90 Å². The lowest BCUT2D eigenvalue weighted by atomic mass is 10.2. The molecule has 0 aliphatic carbocycles. The molecule has 0 fully saturated rings. The van der Waals surface area contributed by atoms with Crippen LogP contribution in [0.5, 0.6) is 0 Å². The summed E-state index contributed by atoms with van der Waals surface area (Å²) in [5, 5.41) is 4.54. The molecule has 0 saturated carbocycles. The smallest absolute Gasteiger partial charge is 0.0640 e. The number of nitrogens with two attached hydrogens (primary N) is 1. The van der Waals surface area contributed by atoms with Crippen LogP contribution in [0.15, 0.2) is 45.9 Å². The van der Waals surface area contributed by atoms with Crippen molar-refractivity contribution in [1.82, 2.24) is 9.78 Å². The Balaban J connectivity index is 1.82. The van der Waals surface area contributed by atoms with Crippen molar-refractivity contribution in [3.05, 3.63) is 46.7 Å². The normalized spacial score (nSPS) is 12.8. The lowest BCUT2D eigenvalue weighted by Gasteiger charge is -2.10. The van der Waals surface area contributed by atoms with Gasteiger partial charge in [0.05, 0.1) is 5.69 Å². The molecule has 2 aromatic rings. The predicted molar refractivity (Wildman–Crippen MR) is 89.2 cm³/mol. The summed E-state index contributed by atoms with van der Waals surface area (Å²) in [6.45, 7) is 4.25. The van der Waals surface area contributed by atoms with Crippen LogP contribution in [0.1, 0.15) is 25.6 Å². The van der Waals surface area contributed by atoms with Crippen LogP contribution < -0.4 is 5.73 Å². The number of nitrogens with zero attached hydrogens (tertiary/aromatic N) is 2. The number of rotatable bonds is 6. The molecule has 20 heavy (non-hydrogen) atoms. The third-order valence-corrected chi connectivity index (χ3v) is 4.67. The molecule has 0 aliphatic heterocycles. The summed E-state index contributed by atoms with van der Waals surface area (Å²) in [4.78, 5) is 1.25. The molecular formula is C15H20BrN3S. The monoisotopic (exact) mass is 353 g/mol. The summed E-state index contributed by atoms with van der Waals surface area (Å²) in [6.07, 6.45) is 2.85. The zero-order chi connectivity index (χ0) is 14.5. The van der Waals surface area contributed by atoms with Gasteiger partial charge in [0, 0.05) is 39.8 Å². The highest BCUT2D eigenvalue weighted by atomic mass is 79.9. The molecule has 5 heteroatoms. The molecule has 0 aliphatic rings. The van der Waals surface area contributed by atoms with E-state index in [0.29, 0.717) is 6.04 Å². The molecule has 0 spiro atoms. The minimum atomic E-state index is 0.124. The molecule has 0 bridgehead atoms. The van der Waals surface area contributed by atoms with E-state index in [-0.39, 0.29) is 6.04 Å². The van der Waals surface area contributed by atoms with Crippen LogP contribution in [-0.2, 0) is 6.42 Å². The Bertz CT molecular complexity index is 536. The fourth-order valence-electron chi connectivity index (χ4n) is 1.84. The number of hydrogen-bond acceptors (Lipinski definition) is 3. The van der Waals surface area contributed by atoms with Crippen molar-refractivity contribution in [3.8, 4) is 0 Å². The molecule has 1 atom stereocenters. The number of aromatic nitrogens is 2. The molecule has 0 radical (unpaired) electrons. The first-order chi connectivity index (χ1) is 9.54. The molecule has 2 N–H and O–H groups in total. The zero-order valence-electron chi connectivity index (χ0n) is 11.8. The first-order valence-corrected chi connectivity index (χ1v) is 8.50. The fourth-order valence-corrected chi connectivity index (χ4v) is 2.95. The van der Waals surface area contributed by atoms with Crippen LogP contribution in [0, 0.1) is 0 Å².